The molecular formula is C31H49NO4. The Balaban J connectivity index is 1.60. The van der Waals surface area contributed by atoms with Gasteiger partial charge in [0.15, 0.2) is 5.78 Å². The number of hydroxylamine groups is 2. The number of ketones is 1. The first kappa shape index (κ1) is 26.4. The van der Waals surface area contributed by atoms with Crippen LogP contribution in [0.1, 0.15) is 106 Å². The van der Waals surface area contributed by atoms with E-state index in [9.17, 15) is 19.9 Å². The fraction of sp³-hybridized carbons (Fsp3) is 0.871. The Bertz CT molecular complexity index is 1020. The van der Waals surface area contributed by atoms with Gasteiger partial charge < -0.3 is 5.11 Å². The number of allylic oxidation sites excluding steroid dienone is 2. The van der Waals surface area contributed by atoms with E-state index in [0.29, 0.717) is 12.3 Å². The molecule has 0 spiro atoms. The smallest absolute Gasteiger partial charge is 0.251 e. The number of hydrogen-bond donors (Lipinski definition) is 2. The highest BCUT2D eigenvalue weighted by atomic mass is 16.5. The third kappa shape index (κ3) is 3.14. The molecule has 5 nitrogen and oxygen atoms in total. The van der Waals surface area contributed by atoms with Gasteiger partial charge in [0.2, 0.25) is 0 Å². The Hall–Kier alpha value is -1.20. The highest BCUT2D eigenvalue weighted by molar-refractivity contribution is 5.95. The monoisotopic (exact) mass is 499 g/mol. The lowest BCUT2D eigenvalue weighted by Gasteiger charge is -2.70. The molecule has 0 radical (unpaired) electrons. The second-order valence-electron chi connectivity index (χ2n) is 15.5. The molecule has 1 amide bonds. The quantitative estimate of drug-likeness (QED) is 0.334. The fourth-order valence-electron chi connectivity index (χ4n) is 10.8. The zero-order valence-corrected chi connectivity index (χ0v) is 23.9. The fourth-order valence-corrected chi connectivity index (χ4v) is 10.8. The van der Waals surface area contributed by atoms with Gasteiger partial charge in [0.1, 0.15) is 0 Å². The van der Waals surface area contributed by atoms with Crippen molar-refractivity contribution in [1.82, 2.24) is 5.06 Å². The van der Waals surface area contributed by atoms with E-state index < -0.39 is 5.41 Å². The number of fused-ring (bicyclic) bond motifs is 7. The molecule has 2 N–H and O–H groups in total. The summed E-state index contributed by atoms with van der Waals surface area (Å²) < 4.78 is 0. The van der Waals surface area contributed by atoms with Crippen molar-refractivity contribution in [2.24, 2.45) is 50.2 Å². The van der Waals surface area contributed by atoms with Gasteiger partial charge in [0, 0.05) is 18.4 Å². The molecule has 9 atom stereocenters. The van der Waals surface area contributed by atoms with Crippen LogP contribution in [-0.4, -0.2) is 40.2 Å². The van der Waals surface area contributed by atoms with Crippen LogP contribution in [0.25, 0.3) is 0 Å². The number of amides is 1. The van der Waals surface area contributed by atoms with Gasteiger partial charge in [-0.15, -0.1) is 0 Å². The molecule has 4 fully saturated rings. The number of aliphatic hydroxyl groups excluding tert-OH is 1. The largest absolute Gasteiger partial charge is 0.393 e. The van der Waals surface area contributed by atoms with E-state index in [-0.39, 0.29) is 56.7 Å². The van der Waals surface area contributed by atoms with Crippen LogP contribution in [-0.2, 0) is 9.59 Å². The average Bonchev–Trinajstić information content (AvgIpc) is 2.78. The summed E-state index contributed by atoms with van der Waals surface area (Å²) in [7, 11) is 1.43. The summed E-state index contributed by atoms with van der Waals surface area (Å²) in [6.07, 6.45) is 10.1. The molecule has 5 aliphatic rings. The average molecular weight is 500 g/mol. The maximum Gasteiger partial charge on any atom is 0.251 e. The Morgan fingerprint density at radius 2 is 1.58 bits per heavy atom. The summed E-state index contributed by atoms with van der Waals surface area (Å²) in [5, 5.41) is 21.7. The Morgan fingerprint density at radius 1 is 0.944 bits per heavy atom. The molecule has 0 aromatic rings. The first-order valence-corrected chi connectivity index (χ1v) is 14.4. The number of carbonyl (C=O) groups excluding carboxylic acids is 2. The van der Waals surface area contributed by atoms with Gasteiger partial charge in [0.05, 0.1) is 6.10 Å². The number of nitrogens with zero attached hydrogens (tertiary/aromatic N) is 1. The van der Waals surface area contributed by atoms with E-state index in [4.69, 9.17) is 0 Å². The van der Waals surface area contributed by atoms with E-state index in [0.717, 1.165) is 56.4 Å². The molecule has 202 valence electrons. The van der Waals surface area contributed by atoms with Crippen molar-refractivity contribution in [3.8, 4) is 0 Å². The first-order chi connectivity index (χ1) is 16.5. The minimum atomic E-state index is -0.610. The zero-order valence-electron chi connectivity index (χ0n) is 23.9. The standard InChI is InChI=1S/C31H49NO4/c1-26(2)22-9-12-31(7)24(29(22,5)11-10-23(26)34)21(33)17-19-20-18-28(4,25(35)32(8)36)14-13-27(20,3)15-16-30(19,31)6/h17,20,22-24,34,36H,9-16,18H2,1-8H3/t20-,22?,23+,24-,27-,28+,29+,30-,31-/m1/s1. The molecule has 5 aliphatic carbocycles. The lowest BCUT2D eigenvalue weighted by atomic mass is 9.33. The molecule has 0 aromatic heterocycles. The van der Waals surface area contributed by atoms with Crippen molar-refractivity contribution >= 4 is 11.7 Å². The Morgan fingerprint density at radius 3 is 2.22 bits per heavy atom. The predicted octanol–water partition coefficient (Wildman–Crippen LogP) is 6.18. The van der Waals surface area contributed by atoms with Crippen LogP contribution >= 0.6 is 0 Å². The van der Waals surface area contributed by atoms with Crippen LogP contribution in [0.5, 0.6) is 0 Å². The minimum absolute atomic E-state index is 0.0335. The van der Waals surface area contributed by atoms with Crippen molar-refractivity contribution < 1.29 is 19.9 Å². The number of carbonyl (C=O) groups is 2. The van der Waals surface area contributed by atoms with Crippen molar-refractivity contribution in [1.29, 1.82) is 0 Å². The van der Waals surface area contributed by atoms with Gasteiger partial charge in [-0.2, -0.15) is 0 Å². The summed E-state index contributed by atoms with van der Waals surface area (Å²) >= 11 is 0. The molecule has 0 saturated heterocycles. The summed E-state index contributed by atoms with van der Waals surface area (Å²) in [5.74, 6) is 0.551. The van der Waals surface area contributed by atoms with Crippen LogP contribution in [0.15, 0.2) is 11.6 Å². The van der Waals surface area contributed by atoms with E-state index in [1.54, 1.807) is 0 Å². The number of rotatable bonds is 1. The van der Waals surface area contributed by atoms with Gasteiger partial charge in [-0.25, -0.2) is 5.06 Å². The van der Waals surface area contributed by atoms with Crippen LogP contribution in [0.4, 0.5) is 0 Å². The van der Waals surface area contributed by atoms with Gasteiger partial charge in [-0.3, -0.25) is 14.8 Å². The van der Waals surface area contributed by atoms with Crippen LogP contribution in [0, 0.1) is 50.2 Å². The summed E-state index contributed by atoms with van der Waals surface area (Å²) in [5.41, 5.74) is 0.237. The highest BCUT2D eigenvalue weighted by Crippen LogP contribution is 2.75. The van der Waals surface area contributed by atoms with Crippen molar-refractivity contribution in [2.45, 2.75) is 112 Å². The van der Waals surface area contributed by atoms with Gasteiger partial charge in [-0.1, -0.05) is 54.0 Å². The molecule has 1 unspecified atom stereocenters. The van der Waals surface area contributed by atoms with E-state index in [1.807, 2.05) is 13.0 Å². The van der Waals surface area contributed by atoms with Crippen molar-refractivity contribution in [3.63, 3.8) is 0 Å². The van der Waals surface area contributed by atoms with Crippen LogP contribution in [0.3, 0.4) is 0 Å². The summed E-state index contributed by atoms with van der Waals surface area (Å²) in [4.78, 5) is 27.4. The zero-order chi connectivity index (χ0) is 26.7. The van der Waals surface area contributed by atoms with E-state index in [2.05, 4.69) is 41.5 Å². The van der Waals surface area contributed by atoms with Crippen molar-refractivity contribution in [2.75, 3.05) is 7.05 Å². The van der Waals surface area contributed by atoms with E-state index in [1.165, 1.54) is 12.6 Å². The van der Waals surface area contributed by atoms with Gasteiger partial charge in [-0.05, 0) is 103 Å². The first-order valence-electron chi connectivity index (χ1n) is 14.4. The normalized spacial score (nSPS) is 51.7. The highest BCUT2D eigenvalue weighted by Gasteiger charge is 2.70. The molecule has 0 bridgehead atoms. The second-order valence-corrected chi connectivity index (χ2v) is 15.5. The topological polar surface area (TPSA) is 77.8 Å². The molecule has 0 aliphatic heterocycles. The summed E-state index contributed by atoms with van der Waals surface area (Å²) in [6.45, 7) is 16.0. The SMILES string of the molecule is CN(O)C(=O)[C@@]1(C)CC[C@]2(C)CC[C@]3(C)C(=CC(=O)[C@@H]4[C@@]5(C)CC[C@H](O)C(C)(C)C5CC[C@]43C)[C@H]2C1. The maximum absolute atomic E-state index is 14.3. The lowest BCUT2D eigenvalue weighted by Crippen LogP contribution is -2.66. The predicted molar refractivity (Wildman–Crippen MR) is 140 cm³/mol. The second kappa shape index (κ2) is 7.68. The summed E-state index contributed by atoms with van der Waals surface area (Å²) in [6, 6.07) is 0. The third-order valence-electron chi connectivity index (χ3n) is 13.4. The Kier molecular flexibility index (Phi) is 5.64. The molecule has 0 heterocycles. The number of aliphatic hydroxyl groups is 1. The molecule has 5 heteroatoms. The third-order valence-corrected chi connectivity index (χ3v) is 13.4. The lowest BCUT2D eigenvalue weighted by molar-refractivity contribution is -0.203. The van der Waals surface area contributed by atoms with Crippen LogP contribution < -0.4 is 0 Å². The maximum atomic E-state index is 14.3. The van der Waals surface area contributed by atoms with Crippen molar-refractivity contribution in [3.05, 3.63) is 11.6 Å². The van der Waals surface area contributed by atoms with E-state index >= 15 is 0 Å². The molecule has 5 rings (SSSR count). The minimum Gasteiger partial charge on any atom is -0.393 e. The molecular weight excluding hydrogens is 450 g/mol. The number of hydrogen-bond acceptors (Lipinski definition) is 4. The van der Waals surface area contributed by atoms with Crippen LogP contribution in [0.2, 0.25) is 0 Å². The molecule has 36 heavy (non-hydrogen) atoms. The van der Waals surface area contributed by atoms with Gasteiger partial charge in [0.25, 0.3) is 5.91 Å². The molecule has 4 saturated carbocycles. The Labute approximate surface area is 218 Å². The molecule has 0 aromatic carbocycles. The van der Waals surface area contributed by atoms with Gasteiger partial charge >= 0.3 is 0 Å².